The van der Waals surface area contributed by atoms with Crippen LogP contribution in [0.15, 0.2) is 18.2 Å². The summed E-state index contributed by atoms with van der Waals surface area (Å²) in [6, 6.07) is 5.65. The van der Waals surface area contributed by atoms with E-state index in [1.165, 1.54) is 6.07 Å². The summed E-state index contributed by atoms with van der Waals surface area (Å²) in [5.74, 6) is 0.385. The highest BCUT2D eigenvalue weighted by Crippen LogP contribution is 2.29. The van der Waals surface area contributed by atoms with Gasteiger partial charge in [0.05, 0.1) is 0 Å². The van der Waals surface area contributed by atoms with Gasteiger partial charge in [-0.15, -0.1) is 0 Å². The Labute approximate surface area is 120 Å². The van der Waals surface area contributed by atoms with E-state index in [0.29, 0.717) is 18.5 Å². The van der Waals surface area contributed by atoms with E-state index in [1.807, 2.05) is 6.07 Å². The SMILES string of the molecule is CC(C)NCc1c(F)cccc1N1CCC(CCO)C1. The minimum Gasteiger partial charge on any atom is -0.396 e. The number of anilines is 1. The van der Waals surface area contributed by atoms with E-state index in [4.69, 9.17) is 5.11 Å². The van der Waals surface area contributed by atoms with Crippen LogP contribution in [0.3, 0.4) is 0 Å². The highest BCUT2D eigenvalue weighted by molar-refractivity contribution is 5.55. The fraction of sp³-hybridized carbons (Fsp3) is 0.625. The van der Waals surface area contributed by atoms with Crippen LogP contribution in [0.5, 0.6) is 0 Å². The summed E-state index contributed by atoms with van der Waals surface area (Å²) in [4.78, 5) is 2.25. The summed E-state index contributed by atoms with van der Waals surface area (Å²) < 4.78 is 14.1. The third-order valence-electron chi connectivity index (χ3n) is 3.95. The second-order valence-electron chi connectivity index (χ2n) is 5.89. The Morgan fingerprint density at radius 3 is 2.95 bits per heavy atom. The molecule has 0 aromatic heterocycles. The number of nitrogens with zero attached hydrogens (tertiary/aromatic N) is 1. The van der Waals surface area contributed by atoms with E-state index in [9.17, 15) is 4.39 Å². The number of hydrogen-bond acceptors (Lipinski definition) is 3. The number of halogens is 1. The lowest BCUT2D eigenvalue weighted by molar-refractivity contribution is 0.263. The topological polar surface area (TPSA) is 35.5 Å². The molecule has 2 rings (SSSR count). The van der Waals surface area contributed by atoms with Crippen molar-refractivity contribution in [2.24, 2.45) is 5.92 Å². The summed E-state index contributed by atoms with van der Waals surface area (Å²) in [7, 11) is 0. The molecule has 1 aliphatic rings. The lowest BCUT2D eigenvalue weighted by atomic mass is 10.1. The molecular weight excluding hydrogens is 255 g/mol. The zero-order chi connectivity index (χ0) is 14.5. The van der Waals surface area contributed by atoms with Gasteiger partial charge in [-0.1, -0.05) is 19.9 Å². The average Bonchev–Trinajstić information content (AvgIpc) is 2.86. The number of aliphatic hydroxyl groups excluding tert-OH is 1. The maximum Gasteiger partial charge on any atom is 0.129 e. The first-order valence-electron chi connectivity index (χ1n) is 7.48. The van der Waals surface area contributed by atoms with Crippen molar-refractivity contribution >= 4 is 5.69 Å². The Kier molecular flexibility index (Phi) is 5.38. The number of aliphatic hydroxyl groups is 1. The maximum absolute atomic E-state index is 14.1. The highest BCUT2D eigenvalue weighted by atomic mass is 19.1. The first-order chi connectivity index (χ1) is 9.61. The Bertz CT molecular complexity index is 436. The second kappa shape index (κ2) is 7.04. The normalized spacial score (nSPS) is 19.1. The summed E-state index contributed by atoms with van der Waals surface area (Å²) in [5.41, 5.74) is 1.75. The van der Waals surface area contributed by atoms with Gasteiger partial charge in [0.1, 0.15) is 5.82 Å². The van der Waals surface area contributed by atoms with Gasteiger partial charge in [0, 0.05) is 43.5 Å². The molecule has 1 aliphatic heterocycles. The van der Waals surface area contributed by atoms with E-state index >= 15 is 0 Å². The molecule has 1 fully saturated rings. The first-order valence-corrected chi connectivity index (χ1v) is 7.48. The molecule has 1 atom stereocenters. The molecule has 1 aromatic carbocycles. The van der Waals surface area contributed by atoms with Gasteiger partial charge in [-0.25, -0.2) is 4.39 Å². The largest absolute Gasteiger partial charge is 0.396 e. The zero-order valence-corrected chi connectivity index (χ0v) is 12.4. The van der Waals surface area contributed by atoms with Crippen LogP contribution in [-0.2, 0) is 6.54 Å². The van der Waals surface area contributed by atoms with Crippen LogP contribution >= 0.6 is 0 Å². The highest BCUT2D eigenvalue weighted by Gasteiger charge is 2.24. The van der Waals surface area contributed by atoms with Crippen molar-refractivity contribution in [1.82, 2.24) is 5.32 Å². The molecule has 2 N–H and O–H groups in total. The predicted octanol–water partition coefficient (Wildman–Crippen LogP) is 2.53. The molecule has 0 aliphatic carbocycles. The van der Waals surface area contributed by atoms with Crippen molar-refractivity contribution < 1.29 is 9.50 Å². The van der Waals surface area contributed by atoms with E-state index in [0.717, 1.165) is 37.2 Å². The summed E-state index contributed by atoms with van der Waals surface area (Å²) in [6.45, 7) is 6.78. The van der Waals surface area contributed by atoms with Crippen LogP contribution in [0, 0.1) is 11.7 Å². The number of nitrogens with one attached hydrogen (secondary N) is 1. The molecule has 1 heterocycles. The van der Waals surface area contributed by atoms with Crippen molar-refractivity contribution in [2.45, 2.75) is 39.3 Å². The Morgan fingerprint density at radius 2 is 2.25 bits per heavy atom. The predicted molar refractivity (Wildman–Crippen MR) is 80.4 cm³/mol. The van der Waals surface area contributed by atoms with E-state index < -0.39 is 0 Å². The van der Waals surface area contributed by atoms with Crippen LogP contribution in [-0.4, -0.2) is 30.8 Å². The van der Waals surface area contributed by atoms with Gasteiger partial charge in [0.2, 0.25) is 0 Å². The Hall–Kier alpha value is -1.13. The number of hydrogen-bond donors (Lipinski definition) is 2. The molecule has 1 saturated heterocycles. The summed E-state index contributed by atoms with van der Waals surface area (Å²) in [6.07, 6.45) is 1.92. The monoisotopic (exact) mass is 280 g/mol. The van der Waals surface area contributed by atoms with Crippen LogP contribution in [0.1, 0.15) is 32.3 Å². The van der Waals surface area contributed by atoms with Gasteiger partial charge in [0.15, 0.2) is 0 Å². The molecular formula is C16H25FN2O. The first kappa shape index (κ1) is 15.3. The molecule has 0 spiro atoms. The smallest absolute Gasteiger partial charge is 0.129 e. The molecule has 1 unspecified atom stereocenters. The molecule has 0 bridgehead atoms. The fourth-order valence-electron chi connectivity index (χ4n) is 2.79. The van der Waals surface area contributed by atoms with Gasteiger partial charge in [-0.3, -0.25) is 0 Å². The summed E-state index contributed by atoms with van der Waals surface area (Å²) >= 11 is 0. The van der Waals surface area contributed by atoms with Crippen LogP contribution in [0.25, 0.3) is 0 Å². The summed E-state index contributed by atoms with van der Waals surface area (Å²) in [5, 5.41) is 12.3. The molecule has 20 heavy (non-hydrogen) atoms. The quantitative estimate of drug-likeness (QED) is 0.840. The fourth-order valence-corrected chi connectivity index (χ4v) is 2.79. The van der Waals surface area contributed by atoms with Crippen molar-refractivity contribution in [2.75, 3.05) is 24.6 Å². The van der Waals surface area contributed by atoms with Gasteiger partial charge in [0.25, 0.3) is 0 Å². The van der Waals surface area contributed by atoms with Gasteiger partial charge in [-0.05, 0) is 30.9 Å². The van der Waals surface area contributed by atoms with Crippen molar-refractivity contribution in [3.63, 3.8) is 0 Å². The van der Waals surface area contributed by atoms with Crippen molar-refractivity contribution in [1.29, 1.82) is 0 Å². The lowest BCUT2D eigenvalue weighted by Crippen LogP contribution is -2.26. The van der Waals surface area contributed by atoms with Crippen molar-refractivity contribution in [3.8, 4) is 0 Å². The molecule has 0 radical (unpaired) electrons. The Morgan fingerprint density at radius 1 is 1.45 bits per heavy atom. The lowest BCUT2D eigenvalue weighted by Gasteiger charge is -2.23. The molecule has 4 heteroatoms. The maximum atomic E-state index is 14.1. The number of rotatable bonds is 6. The van der Waals surface area contributed by atoms with Crippen LogP contribution in [0.4, 0.5) is 10.1 Å². The minimum atomic E-state index is -0.138. The minimum absolute atomic E-state index is 0.138. The van der Waals surface area contributed by atoms with E-state index in [-0.39, 0.29) is 12.4 Å². The van der Waals surface area contributed by atoms with Gasteiger partial charge in [-0.2, -0.15) is 0 Å². The third kappa shape index (κ3) is 3.70. The molecule has 1 aromatic rings. The van der Waals surface area contributed by atoms with Gasteiger partial charge >= 0.3 is 0 Å². The van der Waals surface area contributed by atoms with Crippen LogP contribution < -0.4 is 10.2 Å². The Balaban J connectivity index is 2.13. The standard InChI is InChI=1S/C16H25FN2O/c1-12(2)18-10-14-15(17)4-3-5-16(14)19-8-6-13(11-19)7-9-20/h3-5,12-13,18,20H,6-11H2,1-2H3. The van der Waals surface area contributed by atoms with Crippen molar-refractivity contribution in [3.05, 3.63) is 29.6 Å². The molecule has 0 amide bonds. The molecule has 0 saturated carbocycles. The number of benzene rings is 1. The van der Waals surface area contributed by atoms with Gasteiger partial charge < -0.3 is 15.3 Å². The molecule has 112 valence electrons. The second-order valence-corrected chi connectivity index (χ2v) is 5.89. The molecule has 3 nitrogen and oxygen atoms in total. The van der Waals surface area contributed by atoms with Crippen LogP contribution in [0.2, 0.25) is 0 Å². The zero-order valence-electron chi connectivity index (χ0n) is 12.4. The third-order valence-corrected chi connectivity index (χ3v) is 3.95. The van der Waals surface area contributed by atoms with E-state index in [1.54, 1.807) is 6.07 Å². The average molecular weight is 280 g/mol. The van der Waals surface area contributed by atoms with E-state index in [2.05, 4.69) is 24.1 Å².